The maximum absolute atomic E-state index is 12.9. The van der Waals surface area contributed by atoms with Crippen LogP contribution in [0.5, 0.6) is 0 Å². The van der Waals surface area contributed by atoms with Crippen LogP contribution in [0.3, 0.4) is 0 Å². The number of hydrogen-bond donors (Lipinski definition) is 3. The van der Waals surface area contributed by atoms with Crippen LogP contribution in [0.1, 0.15) is 17.3 Å². The summed E-state index contributed by atoms with van der Waals surface area (Å²) >= 11 is 0. The van der Waals surface area contributed by atoms with Gasteiger partial charge >= 0.3 is 0 Å². The van der Waals surface area contributed by atoms with Gasteiger partial charge in [-0.15, -0.1) is 0 Å². The first-order valence-corrected chi connectivity index (χ1v) is 12.5. The molecule has 2 aromatic heterocycles. The Morgan fingerprint density at radius 2 is 1.68 bits per heavy atom. The number of carbonyl (C=O) groups is 2. The number of nitrogens with two attached hydrogens (primary N) is 1. The molecule has 0 radical (unpaired) electrons. The molecule has 1 aliphatic carbocycles. The van der Waals surface area contributed by atoms with Crippen LogP contribution in [0.15, 0.2) is 67.0 Å². The molecule has 38 heavy (non-hydrogen) atoms. The Morgan fingerprint density at radius 3 is 2.34 bits per heavy atom. The third-order valence-electron chi connectivity index (χ3n) is 7.49. The molecule has 1 saturated carbocycles. The minimum Gasteiger partial charge on any atom is -0.383 e. The fourth-order valence-electron chi connectivity index (χ4n) is 5.32. The van der Waals surface area contributed by atoms with Gasteiger partial charge in [-0.2, -0.15) is 0 Å². The van der Waals surface area contributed by atoms with Crippen molar-refractivity contribution in [1.29, 1.82) is 0 Å². The molecule has 0 spiro atoms. The van der Waals surface area contributed by atoms with Gasteiger partial charge in [-0.3, -0.25) is 9.59 Å². The number of ether oxygens (including phenoxy) is 1. The highest BCUT2D eigenvalue weighted by molar-refractivity contribution is 6.08. The Morgan fingerprint density at radius 1 is 1.03 bits per heavy atom. The van der Waals surface area contributed by atoms with E-state index in [1.165, 1.54) is 6.33 Å². The van der Waals surface area contributed by atoms with Gasteiger partial charge in [0.15, 0.2) is 0 Å². The molecule has 4 N–H and O–H groups in total. The maximum atomic E-state index is 12.9. The maximum Gasteiger partial charge on any atom is 0.251 e. The average molecular weight is 509 g/mol. The highest BCUT2D eigenvalue weighted by Gasteiger charge is 2.54. The first-order chi connectivity index (χ1) is 18.3. The summed E-state index contributed by atoms with van der Waals surface area (Å²) in [4.78, 5) is 33.6. The smallest absolute Gasteiger partial charge is 0.251 e. The topological polar surface area (TPSA) is 124 Å². The van der Waals surface area contributed by atoms with Gasteiger partial charge in [0.05, 0.1) is 24.3 Å². The number of benzene rings is 2. The van der Waals surface area contributed by atoms with Crippen LogP contribution in [-0.2, 0) is 16.6 Å². The molecule has 3 heterocycles. The van der Waals surface area contributed by atoms with Crippen molar-refractivity contribution < 1.29 is 14.3 Å². The average Bonchev–Trinajstić information content (AvgIpc) is 3.22. The summed E-state index contributed by atoms with van der Waals surface area (Å²) in [5, 5.41) is 6.71. The number of aromatic nitrogens is 3. The molecule has 9 nitrogen and oxygen atoms in total. The predicted octanol–water partition coefficient (Wildman–Crippen LogP) is 3.77. The standard InChI is InChI=1S/C29H28N6O3/c1-15(2)28(36)33-19-10-8-17(9-11-19)25-22(23-26(30)31-14-32-27(23)35(25)3)16-4-6-18(7-5-16)29(37)34-24-20-12-38-13-21(20)24/h4-11,14,20-21,24H,1,12-13H2,2-3H3,(H,33,36)(H,34,37)(H2,30,31,32). The van der Waals surface area contributed by atoms with Crippen molar-refractivity contribution in [3.05, 3.63) is 72.6 Å². The summed E-state index contributed by atoms with van der Waals surface area (Å²) < 4.78 is 7.41. The van der Waals surface area contributed by atoms with Crippen molar-refractivity contribution >= 4 is 34.4 Å². The second-order valence-electron chi connectivity index (χ2n) is 9.99. The molecule has 0 bridgehead atoms. The van der Waals surface area contributed by atoms with Crippen LogP contribution >= 0.6 is 0 Å². The fourth-order valence-corrected chi connectivity index (χ4v) is 5.32. The zero-order chi connectivity index (χ0) is 26.6. The summed E-state index contributed by atoms with van der Waals surface area (Å²) in [7, 11) is 1.93. The minimum absolute atomic E-state index is 0.0793. The Balaban J connectivity index is 1.36. The van der Waals surface area contributed by atoms with Gasteiger partial charge in [0.1, 0.15) is 17.8 Å². The monoisotopic (exact) mass is 508 g/mol. The van der Waals surface area contributed by atoms with Gasteiger partial charge in [-0.25, -0.2) is 9.97 Å². The summed E-state index contributed by atoms with van der Waals surface area (Å²) in [6, 6.07) is 15.3. The normalized spacial score (nSPS) is 19.7. The number of nitrogens with one attached hydrogen (secondary N) is 2. The molecular formula is C29H28N6O3. The van der Waals surface area contributed by atoms with Crippen LogP contribution in [-0.4, -0.2) is 45.6 Å². The molecule has 2 fully saturated rings. The van der Waals surface area contributed by atoms with Crippen molar-refractivity contribution in [3.63, 3.8) is 0 Å². The van der Waals surface area contributed by atoms with Crippen LogP contribution in [0.4, 0.5) is 11.5 Å². The first-order valence-electron chi connectivity index (χ1n) is 12.5. The lowest BCUT2D eigenvalue weighted by Gasteiger charge is -2.11. The molecule has 2 amide bonds. The second-order valence-corrected chi connectivity index (χ2v) is 9.99. The summed E-state index contributed by atoms with van der Waals surface area (Å²) in [5.74, 6) is 0.958. The molecule has 1 aliphatic heterocycles. The van der Waals surface area contributed by atoms with E-state index in [1.807, 2.05) is 60.1 Å². The SMILES string of the molecule is C=C(C)C(=O)Nc1ccc(-c2c(-c3ccc(C(=O)NC4C5COCC54)cc3)c3c(N)ncnc3n2C)cc1. The fraction of sp³-hybridized carbons (Fsp3) is 0.241. The number of rotatable bonds is 6. The highest BCUT2D eigenvalue weighted by atomic mass is 16.5. The summed E-state index contributed by atoms with van der Waals surface area (Å²) in [6.07, 6.45) is 1.45. The number of amides is 2. The van der Waals surface area contributed by atoms with Crippen molar-refractivity contribution in [1.82, 2.24) is 19.9 Å². The highest BCUT2D eigenvalue weighted by Crippen LogP contribution is 2.44. The van der Waals surface area contributed by atoms with E-state index in [9.17, 15) is 9.59 Å². The number of nitrogen functional groups attached to an aromatic ring is 1. The zero-order valence-corrected chi connectivity index (χ0v) is 21.2. The van der Waals surface area contributed by atoms with Gasteiger partial charge < -0.3 is 25.7 Å². The first kappa shape index (κ1) is 23.9. The third-order valence-corrected chi connectivity index (χ3v) is 7.49. The van der Waals surface area contributed by atoms with Gasteiger partial charge in [-0.1, -0.05) is 30.8 Å². The molecule has 2 aliphatic rings. The molecule has 4 aromatic rings. The van der Waals surface area contributed by atoms with Crippen LogP contribution in [0, 0.1) is 11.8 Å². The lowest BCUT2D eigenvalue weighted by molar-refractivity contribution is -0.112. The lowest BCUT2D eigenvalue weighted by Crippen LogP contribution is -2.29. The number of anilines is 2. The Kier molecular flexibility index (Phi) is 5.72. The quantitative estimate of drug-likeness (QED) is 0.341. The molecule has 2 aromatic carbocycles. The number of nitrogens with zero attached hydrogens (tertiary/aromatic N) is 3. The van der Waals surface area contributed by atoms with Crippen molar-refractivity contribution in [2.75, 3.05) is 24.3 Å². The molecule has 1 saturated heterocycles. The Hall–Kier alpha value is -4.50. The second kappa shape index (κ2) is 9.11. The van der Waals surface area contributed by atoms with Crippen LogP contribution < -0.4 is 16.4 Å². The van der Waals surface area contributed by atoms with Crippen molar-refractivity contribution in [3.8, 4) is 22.4 Å². The number of carbonyl (C=O) groups excluding carboxylic acids is 2. The molecule has 2 unspecified atom stereocenters. The number of fused-ring (bicyclic) bond motifs is 2. The molecular weight excluding hydrogens is 480 g/mol. The van der Waals surface area contributed by atoms with Gasteiger partial charge in [0.2, 0.25) is 0 Å². The van der Waals surface area contributed by atoms with Gasteiger partial charge in [0.25, 0.3) is 11.8 Å². The molecule has 9 heteroatoms. The van der Waals surface area contributed by atoms with E-state index in [0.29, 0.717) is 40.1 Å². The predicted molar refractivity (Wildman–Crippen MR) is 146 cm³/mol. The Bertz CT molecular complexity index is 1580. The molecule has 6 rings (SSSR count). The number of aryl methyl sites for hydroxylation is 1. The molecule has 192 valence electrons. The lowest BCUT2D eigenvalue weighted by atomic mass is 9.97. The van der Waals surface area contributed by atoms with Crippen LogP contribution in [0.2, 0.25) is 0 Å². The summed E-state index contributed by atoms with van der Waals surface area (Å²) in [6.45, 7) is 6.80. The third kappa shape index (κ3) is 4.01. The van der Waals surface area contributed by atoms with E-state index in [4.69, 9.17) is 10.5 Å². The van der Waals surface area contributed by atoms with E-state index >= 15 is 0 Å². The van der Waals surface area contributed by atoms with Crippen molar-refractivity contribution in [2.45, 2.75) is 13.0 Å². The van der Waals surface area contributed by atoms with E-state index in [1.54, 1.807) is 6.92 Å². The van der Waals surface area contributed by atoms with E-state index < -0.39 is 0 Å². The van der Waals surface area contributed by atoms with Gasteiger partial charge in [-0.05, 0) is 42.3 Å². The van der Waals surface area contributed by atoms with Crippen LogP contribution in [0.25, 0.3) is 33.4 Å². The van der Waals surface area contributed by atoms with E-state index in [-0.39, 0.29) is 17.9 Å². The van der Waals surface area contributed by atoms with E-state index in [0.717, 1.165) is 41.0 Å². The molecule has 2 atom stereocenters. The van der Waals surface area contributed by atoms with E-state index in [2.05, 4.69) is 27.2 Å². The van der Waals surface area contributed by atoms with Crippen molar-refractivity contribution in [2.24, 2.45) is 18.9 Å². The summed E-state index contributed by atoms with van der Waals surface area (Å²) in [5.41, 5.74) is 12.3. The Labute approximate surface area is 219 Å². The van der Waals surface area contributed by atoms with Gasteiger partial charge in [0, 0.05) is 47.3 Å². The number of hydrogen-bond acceptors (Lipinski definition) is 6. The zero-order valence-electron chi connectivity index (χ0n) is 21.2. The largest absolute Gasteiger partial charge is 0.383 e. The minimum atomic E-state index is -0.228.